The molecule has 3 aromatic heterocycles. The quantitative estimate of drug-likeness (QED) is 0.429. The third-order valence-corrected chi connectivity index (χ3v) is 6.14. The van der Waals surface area contributed by atoms with Crippen LogP contribution in [0.1, 0.15) is 5.69 Å². The van der Waals surface area contributed by atoms with Crippen molar-refractivity contribution in [2.75, 3.05) is 0 Å². The zero-order valence-electron chi connectivity index (χ0n) is 12.6. The van der Waals surface area contributed by atoms with Gasteiger partial charge in [-0.25, -0.2) is 4.98 Å². The molecule has 0 atom stereocenters. The van der Waals surface area contributed by atoms with Crippen molar-refractivity contribution < 1.29 is 0 Å². The van der Waals surface area contributed by atoms with Gasteiger partial charge in [-0.05, 0) is 23.6 Å². The van der Waals surface area contributed by atoms with Gasteiger partial charge in [0.05, 0.1) is 10.6 Å². The van der Waals surface area contributed by atoms with Gasteiger partial charge in [0.15, 0.2) is 0 Å². The fourth-order valence-electron chi connectivity index (χ4n) is 2.19. The minimum atomic E-state index is 0.802. The first-order chi connectivity index (χ1) is 11.9. The fraction of sp³-hybridized carbons (Fsp3) is 0.0556. The molecule has 24 heavy (non-hydrogen) atoms. The number of aromatic nitrogens is 3. The molecular formula is C18H13N3S3. The van der Waals surface area contributed by atoms with E-state index in [2.05, 4.69) is 33.8 Å². The molecule has 0 amide bonds. The maximum Gasteiger partial charge on any atom is 0.123 e. The van der Waals surface area contributed by atoms with E-state index in [0.29, 0.717) is 0 Å². The van der Waals surface area contributed by atoms with Crippen molar-refractivity contribution in [1.29, 1.82) is 0 Å². The van der Waals surface area contributed by atoms with Crippen LogP contribution in [-0.2, 0) is 5.75 Å². The molecule has 3 nitrogen and oxygen atoms in total. The molecule has 0 aliphatic carbocycles. The molecule has 0 fully saturated rings. The number of hydrogen-bond donors (Lipinski definition) is 0. The van der Waals surface area contributed by atoms with Crippen LogP contribution < -0.4 is 0 Å². The average molecular weight is 368 g/mol. The smallest absolute Gasteiger partial charge is 0.123 e. The average Bonchev–Trinajstić information content (AvgIpc) is 3.33. The Morgan fingerprint density at radius 2 is 1.79 bits per heavy atom. The summed E-state index contributed by atoms with van der Waals surface area (Å²) in [5.41, 5.74) is 3.17. The monoisotopic (exact) mass is 367 g/mol. The molecule has 0 aliphatic rings. The van der Waals surface area contributed by atoms with Gasteiger partial charge in [-0.3, -0.25) is 0 Å². The minimum absolute atomic E-state index is 0.802. The van der Waals surface area contributed by atoms with Crippen LogP contribution in [0.4, 0.5) is 0 Å². The van der Waals surface area contributed by atoms with Crippen LogP contribution in [0, 0.1) is 0 Å². The lowest BCUT2D eigenvalue weighted by Crippen LogP contribution is -1.89. The minimum Gasteiger partial charge on any atom is -0.240 e. The second-order valence-electron chi connectivity index (χ2n) is 5.03. The summed E-state index contributed by atoms with van der Waals surface area (Å²) >= 11 is 5.02. The van der Waals surface area contributed by atoms with Gasteiger partial charge in [0, 0.05) is 16.7 Å². The van der Waals surface area contributed by atoms with Crippen LogP contribution in [-0.4, -0.2) is 15.2 Å². The lowest BCUT2D eigenvalue weighted by molar-refractivity contribution is 0.936. The molecule has 0 saturated heterocycles. The van der Waals surface area contributed by atoms with Crippen molar-refractivity contribution in [2.24, 2.45) is 0 Å². The van der Waals surface area contributed by atoms with E-state index in [-0.39, 0.29) is 0 Å². The van der Waals surface area contributed by atoms with Gasteiger partial charge >= 0.3 is 0 Å². The van der Waals surface area contributed by atoms with Gasteiger partial charge in [0.25, 0.3) is 0 Å². The highest BCUT2D eigenvalue weighted by molar-refractivity contribution is 7.98. The van der Waals surface area contributed by atoms with Gasteiger partial charge in [-0.2, -0.15) is 0 Å². The molecular weight excluding hydrogens is 354 g/mol. The van der Waals surface area contributed by atoms with Crippen molar-refractivity contribution in [1.82, 2.24) is 15.2 Å². The summed E-state index contributed by atoms with van der Waals surface area (Å²) in [6, 6.07) is 18.4. The topological polar surface area (TPSA) is 38.7 Å². The van der Waals surface area contributed by atoms with E-state index in [0.717, 1.165) is 32.1 Å². The first-order valence-electron chi connectivity index (χ1n) is 7.39. The van der Waals surface area contributed by atoms with Crippen LogP contribution in [0.5, 0.6) is 0 Å². The number of rotatable bonds is 5. The Morgan fingerprint density at radius 3 is 2.54 bits per heavy atom. The van der Waals surface area contributed by atoms with Gasteiger partial charge in [0.2, 0.25) is 0 Å². The highest BCUT2D eigenvalue weighted by atomic mass is 32.2. The standard InChI is InChI=1S/C18H13N3S3/c1-2-5-13(6-3-1)18-19-14(12-24-18)11-23-17-9-8-15(20-21-17)16-7-4-10-22-16/h1-10,12H,11H2. The molecule has 0 saturated carbocycles. The fourth-order valence-corrected chi connectivity index (χ4v) is 4.52. The molecule has 0 N–H and O–H groups in total. The van der Waals surface area contributed by atoms with Crippen LogP contribution in [0.25, 0.3) is 21.1 Å². The lowest BCUT2D eigenvalue weighted by atomic mass is 10.2. The van der Waals surface area contributed by atoms with Crippen LogP contribution in [0.15, 0.2) is 70.4 Å². The summed E-state index contributed by atoms with van der Waals surface area (Å²) in [5.74, 6) is 0.802. The highest BCUT2D eigenvalue weighted by Crippen LogP contribution is 2.28. The van der Waals surface area contributed by atoms with Crippen LogP contribution >= 0.6 is 34.4 Å². The normalized spacial score (nSPS) is 10.8. The molecule has 0 spiro atoms. The largest absolute Gasteiger partial charge is 0.240 e. The molecule has 0 aliphatic heterocycles. The van der Waals surface area contributed by atoms with Crippen molar-refractivity contribution in [3.63, 3.8) is 0 Å². The number of nitrogens with zero attached hydrogens (tertiary/aromatic N) is 3. The SMILES string of the molecule is c1ccc(-c2nc(CSc3ccc(-c4cccs4)nn3)cs2)cc1. The predicted molar refractivity (Wildman–Crippen MR) is 102 cm³/mol. The number of thiophene rings is 1. The van der Waals surface area contributed by atoms with E-state index in [9.17, 15) is 0 Å². The maximum absolute atomic E-state index is 4.70. The molecule has 4 rings (SSSR count). The number of thiazole rings is 1. The van der Waals surface area contributed by atoms with Crippen LogP contribution in [0.3, 0.4) is 0 Å². The van der Waals surface area contributed by atoms with E-state index in [1.54, 1.807) is 34.4 Å². The molecule has 0 bridgehead atoms. The van der Waals surface area contributed by atoms with Gasteiger partial charge in [-0.1, -0.05) is 48.2 Å². The Kier molecular flexibility index (Phi) is 4.69. The Bertz CT molecular complexity index is 900. The molecule has 0 radical (unpaired) electrons. The Labute approximate surface area is 152 Å². The summed E-state index contributed by atoms with van der Waals surface area (Å²) in [7, 11) is 0. The van der Waals surface area contributed by atoms with Gasteiger partial charge in [-0.15, -0.1) is 32.9 Å². The Morgan fingerprint density at radius 1 is 0.875 bits per heavy atom. The first-order valence-corrected chi connectivity index (χ1v) is 10.1. The lowest BCUT2D eigenvalue weighted by Gasteiger charge is -1.99. The predicted octanol–water partition coefficient (Wildman–Crippen LogP) is 5.62. The zero-order chi connectivity index (χ0) is 16.2. The summed E-state index contributed by atoms with van der Waals surface area (Å²) in [6.07, 6.45) is 0. The van der Waals surface area contributed by atoms with E-state index >= 15 is 0 Å². The summed E-state index contributed by atoms with van der Waals surface area (Å²) in [6.45, 7) is 0. The van der Waals surface area contributed by atoms with Crippen molar-refractivity contribution in [3.05, 3.63) is 71.1 Å². The molecule has 118 valence electrons. The van der Waals surface area contributed by atoms with E-state index < -0.39 is 0 Å². The Balaban J connectivity index is 1.41. The van der Waals surface area contributed by atoms with Gasteiger partial charge in [0.1, 0.15) is 15.7 Å². The second kappa shape index (κ2) is 7.25. The van der Waals surface area contributed by atoms with E-state index in [4.69, 9.17) is 4.98 Å². The molecule has 0 unspecified atom stereocenters. The van der Waals surface area contributed by atoms with Crippen molar-refractivity contribution >= 4 is 34.4 Å². The van der Waals surface area contributed by atoms with Crippen molar-refractivity contribution in [2.45, 2.75) is 10.8 Å². The summed E-state index contributed by atoms with van der Waals surface area (Å²) in [4.78, 5) is 5.85. The Hall–Kier alpha value is -2.02. The number of benzene rings is 1. The van der Waals surface area contributed by atoms with E-state index in [1.165, 1.54) is 5.56 Å². The molecule has 1 aromatic carbocycles. The molecule has 4 aromatic rings. The second-order valence-corrected chi connectivity index (χ2v) is 7.83. The van der Waals surface area contributed by atoms with Crippen LogP contribution in [0.2, 0.25) is 0 Å². The van der Waals surface area contributed by atoms with Crippen molar-refractivity contribution in [3.8, 4) is 21.1 Å². The highest BCUT2D eigenvalue weighted by Gasteiger charge is 2.07. The number of thioether (sulfide) groups is 1. The third kappa shape index (κ3) is 3.56. The van der Waals surface area contributed by atoms with Gasteiger partial charge < -0.3 is 0 Å². The zero-order valence-corrected chi connectivity index (χ0v) is 15.1. The number of hydrogen-bond acceptors (Lipinski definition) is 6. The molecule has 6 heteroatoms. The molecule has 3 heterocycles. The summed E-state index contributed by atoms with van der Waals surface area (Å²) in [5, 5.41) is 14.8. The third-order valence-electron chi connectivity index (χ3n) is 3.35. The first kappa shape index (κ1) is 15.5. The van der Waals surface area contributed by atoms with E-state index in [1.807, 2.05) is 41.8 Å². The summed E-state index contributed by atoms with van der Waals surface area (Å²) < 4.78 is 0. The maximum atomic E-state index is 4.70.